The first kappa shape index (κ1) is 17.5. The van der Waals surface area contributed by atoms with Gasteiger partial charge >= 0.3 is 5.97 Å². The van der Waals surface area contributed by atoms with Crippen LogP contribution in [0, 0.1) is 0 Å². The number of methoxy groups -OCH3 is 2. The molecule has 0 amide bonds. The maximum Gasteiger partial charge on any atom is 0.337 e. The van der Waals surface area contributed by atoms with Crippen LogP contribution in [-0.4, -0.2) is 44.7 Å². The third-order valence-electron chi connectivity index (χ3n) is 4.59. The molecule has 1 atom stereocenters. The maximum absolute atomic E-state index is 11.8. The van der Waals surface area contributed by atoms with Gasteiger partial charge in [0.05, 0.1) is 25.8 Å². The SMILES string of the molecule is COC(=O)c1cccc(CN2CCNCC2c2ccccc2OC)c1. The number of hydrogen-bond acceptors (Lipinski definition) is 5. The highest BCUT2D eigenvalue weighted by Gasteiger charge is 2.26. The Labute approximate surface area is 148 Å². The van der Waals surface area contributed by atoms with E-state index in [1.54, 1.807) is 13.2 Å². The summed E-state index contributed by atoms with van der Waals surface area (Å²) in [5.41, 5.74) is 2.87. The van der Waals surface area contributed by atoms with E-state index in [1.165, 1.54) is 12.7 Å². The Hall–Kier alpha value is -2.37. The predicted octanol–water partition coefficient (Wildman–Crippen LogP) is 2.63. The summed E-state index contributed by atoms with van der Waals surface area (Å²) in [6, 6.07) is 16.0. The van der Waals surface area contributed by atoms with Crippen molar-refractivity contribution in [2.24, 2.45) is 0 Å². The van der Waals surface area contributed by atoms with Gasteiger partial charge in [0, 0.05) is 31.7 Å². The number of esters is 1. The van der Waals surface area contributed by atoms with Crippen molar-refractivity contribution in [3.63, 3.8) is 0 Å². The lowest BCUT2D eigenvalue weighted by Gasteiger charge is -2.37. The van der Waals surface area contributed by atoms with Crippen molar-refractivity contribution in [2.45, 2.75) is 12.6 Å². The van der Waals surface area contributed by atoms with E-state index in [0.717, 1.165) is 37.5 Å². The number of nitrogens with one attached hydrogen (secondary N) is 1. The average Bonchev–Trinajstić information content (AvgIpc) is 2.68. The largest absolute Gasteiger partial charge is 0.496 e. The molecule has 1 unspecified atom stereocenters. The molecule has 1 heterocycles. The van der Waals surface area contributed by atoms with E-state index in [-0.39, 0.29) is 12.0 Å². The second-order valence-corrected chi connectivity index (χ2v) is 6.12. The van der Waals surface area contributed by atoms with Crippen LogP contribution in [0.2, 0.25) is 0 Å². The summed E-state index contributed by atoms with van der Waals surface area (Å²) in [5.74, 6) is 0.605. The van der Waals surface area contributed by atoms with Crippen LogP contribution in [-0.2, 0) is 11.3 Å². The molecule has 0 bridgehead atoms. The molecule has 25 heavy (non-hydrogen) atoms. The Balaban J connectivity index is 1.83. The van der Waals surface area contributed by atoms with E-state index in [2.05, 4.69) is 16.3 Å². The van der Waals surface area contributed by atoms with Crippen LogP contribution in [0.1, 0.15) is 27.5 Å². The van der Waals surface area contributed by atoms with E-state index >= 15 is 0 Å². The number of hydrogen-bond donors (Lipinski definition) is 1. The second-order valence-electron chi connectivity index (χ2n) is 6.12. The molecule has 5 heteroatoms. The zero-order valence-corrected chi connectivity index (χ0v) is 14.7. The molecule has 0 aliphatic carbocycles. The minimum Gasteiger partial charge on any atom is -0.496 e. The first-order valence-electron chi connectivity index (χ1n) is 8.48. The van der Waals surface area contributed by atoms with Crippen LogP contribution >= 0.6 is 0 Å². The van der Waals surface area contributed by atoms with Gasteiger partial charge < -0.3 is 14.8 Å². The summed E-state index contributed by atoms with van der Waals surface area (Å²) in [7, 11) is 3.11. The van der Waals surface area contributed by atoms with Gasteiger partial charge in [-0.3, -0.25) is 4.90 Å². The molecule has 0 saturated carbocycles. The fourth-order valence-electron chi connectivity index (χ4n) is 3.33. The van der Waals surface area contributed by atoms with Gasteiger partial charge in [0.1, 0.15) is 5.75 Å². The fourth-order valence-corrected chi connectivity index (χ4v) is 3.33. The van der Waals surface area contributed by atoms with E-state index in [9.17, 15) is 4.79 Å². The third-order valence-corrected chi connectivity index (χ3v) is 4.59. The quantitative estimate of drug-likeness (QED) is 0.848. The molecule has 2 aromatic carbocycles. The van der Waals surface area contributed by atoms with Crippen molar-refractivity contribution in [3.05, 3.63) is 65.2 Å². The normalized spacial score (nSPS) is 17.9. The number of nitrogens with zero attached hydrogens (tertiary/aromatic N) is 1. The number of para-hydroxylation sites is 1. The Morgan fingerprint density at radius 2 is 2.04 bits per heavy atom. The predicted molar refractivity (Wildman–Crippen MR) is 96.8 cm³/mol. The number of rotatable bonds is 5. The van der Waals surface area contributed by atoms with Gasteiger partial charge in [-0.1, -0.05) is 30.3 Å². The summed E-state index contributed by atoms with van der Waals surface area (Å²) < 4.78 is 10.4. The van der Waals surface area contributed by atoms with Crippen LogP contribution in [0.5, 0.6) is 5.75 Å². The summed E-state index contributed by atoms with van der Waals surface area (Å²) >= 11 is 0. The zero-order chi connectivity index (χ0) is 17.6. The van der Waals surface area contributed by atoms with Crippen molar-refractivity contribution in [1.29, 1.82) is 0 Å². The van der Waals surface area contributed by atoms with E-state index in [0.29, 0.717) is 5.56 Å². The van der Waals surface area contributed by atoms with Gasteiger partial charge in [0.2, 0.25) is 0 Å². The molecule has 2 aromatic rings. The van der Waals surface area contributed by atoms with Crippen molar-refractivity contribution in [1.82, 2.24) is 10.2 Å². The summed E-state index contributed by atoms with van der Waals surface area (Å²) in [6.45, 7) is 3.53. The lowest BCUT2D eigenvalue weighted by Crippen LogP contribution is -2.45. The van der Waals surface area contributed by atoms with Gasteiger partial charge in [0.25, 0.3) is 0 Å². The summed E-state index contributed by atoms with van der Waals surface area (Å²) in [5, 5.41) is 3.47. The van der Waals surface area contributed by atoms with Crippen molar-refractivity contribution in [3.8, 4) is 5.75 Å². The minimum absolute atomic E-state index is 0.228. The van der Waals surface area contributed by atoms with Gasteiger partial charge in [-0.2, -0.15) is 0 Å². The minimum atomic E-state index is -0.302. The van der Waals surface area contributed by atoms with Gasteiger partial charge in [-0.25, -0.2) is 4.79 Å². The molecular weight excluding hydrogens is 316 g/mol. The topological polar surface area (TPSA) is 50.8 Å². The van der Waals surface area contributed by atoms with Crippen molar-refractivity contribution >= 4 is 5.97 Å². The summed E-state index contributed by atoms with van der Waals surface area (Å²) in [6.07, 6.45) is 0. The average molecular weight is 340 g/mol. The smallest absolute Gasteiger partial charge is 0.337 e. The molecule has 1 N–H and O–H groups in total. The summed E-state index contributed by atoms with van der Waals surface area (Å²) in [4.78, 5) is 14.2. The lowest BCUT2D eigenvalue weighted by molar-refractivity contribution is 0.0600. The van der Waals surface area contributed by atoms with Gasteiger partial charge in [0.15, 0.2) is 0 Å². The van der Waals surface area contributed by atoms with Gasteiger partial charge in [-0.15, -0.1) is 0 Å². The fraction of sp³-hybridized carbons (Fsp3) is 0.350. The Bertz CT molecular complexity index is 732. The van der Waals surface area contributed by atoms with Crippen LogP contribution in [0.25, 0.3) is 0 Å². The molecule has 3 rings (SSSR count). The van der Waals surface area contributed by atoms with Crippen LogP contribution in [0.4, 0.5) is 0 Å². The molecule has 0 aromatic heterocycles. The van der Waals surface area contributed by atoms with E-state index < -0.39 is 0 Å². The molecular formula is C20H24N2O3. The first-order chi connectivity index (χ1) is 12.2. The molecule has 132 valence electrons. The molecule has 1 fully saturated rings. The Kier molecular flexibility index (Phi) is 5.68. The van der Waals surface area contributed by atoms with Crippen LogP contribution in [0.3, 0.4) is 0 Å². The Morgan fingerprint density at radius 3 is 2.84 bits per heavy atom. The number of carbonyl (C=O) groups excluding carboxylic acids is 1. The first-order valence-corrected chi connectivity index (χ1v) is 8.48. The molecule has 1 aliphatic rings. The van der Waals surface area contributed by atoms with E-state index in [1.807, 2.05) is 36.4 Å². The number of carbonyl (C=O) groups is 1. The highest BCUT2D eigenvalue weighted by atomic mass is 16.5. The van der Waals surface area contributed by atoms with Gasteiger partial charge in [-0.05, 0) is 23.8 Å². The maximum atomic E-state index is 11.8. The number of benzene rings is 2. The van der Waals surface area contributed by atoms with Crippen molar-refractivity contribution < 1.29 is 14.3 Å². The zero-order valence-electron chi connectivity index (χ0n) is 14.7. The Morgan fingerprint density at radius 1 is 1.20 bits per heavy atom. The van der Waals surface area contributed by atoms with Crippen LogP contribution in [0.15, 0.2) is 48.5 Å². The number of piperazine rings is 1. The number of ether oxygens (including phenoxy) is 2. The standard InChI is InChI=1S/C20H24N2O3/c1-24-19-9-4-3-8-17(19)18-13-21-10-11-22(18)14-15-6-5-7-16(12-15)20(23)25-2/h3-9,12,18,21H,10-11,13-14H2,1-2H3. The third kappa shape index (κ3) is 4.00. The van der Waals surface area contributed by atoms with E-state index in [4.69, 9.17) is 9.47 Å². The second kappa shape index (κ2) is 8.14. The monoisotopic (exact) mass is 340 g/mol. The molecule has 1 saturated heterocycles. The van der Waals surface area contributed by atoms with Crippen LogP contribution < -0.4 is 10.1 Å². The molecule has 0 spiro atoms. The highest BCUT2D eigenvalue weighted by molar-refractivity contribution is 5.89. The molecule has 0 radical (unpaired) electrons. The van der Waals surface area contributed by atoms with Crippen molar-refractivity contribution in [2.75, 3.05) is 33.9 Å². The lowest BCUT2D eigenvalue weighted by atomic mass is 10.0. The molecule has 5 nitrogen and oxygen atoms in total. The molecule has 1 aliphatic heterocycles. The highest BCUT2D eigenvalue weighted by Crippen LogP contribution is 2.31.